The first kappa shape index (κ1) is 24.9. The molecule has 0 spiro atoms. The SMILES string of the molecule is CC(CCCN)N[C@H]1CC[C@H](Nc2ncc(C(F)(F)F)c(-c3c[nH]c4cc(C(=O)O)ccc34)n2)C1. The van der Waals surface area contributed by atoms with Gasteiger partial charge >= 0.3 is 12.1 Å². The Morgan fingerprint density at radius 3 is 2.80 bits per heavy atom. The molecular formula is C24H29F3N6O2. The van der Waals surface area contributed by atoms with E-state index >= 15 is 0 Å². The molecule has 3 aromatic rings. The van der Waals surface area contributed by atoms with E-state index in [2.05, 4.69) is 32.5 Å². The minimum atomic E-state index is -4.65. The molecule has 2 heterocycles. The van der Waals surface area contributed by atoms with Gasteiger partial charge in [-0.1, -0.05) is 6.07 Å². The number of alkyl halides is 3. The summed E-state index contributed by atoms with van der Waals surface area (Å²) < 4.78 is 41.4. The largest absolute Gasteiger partial charge is 0.478 e. The van der Waals surface area contributed by atoms with Crippen LogP contribution in [-0.4, -0.2) is 50.7 Å². The van der Waals surface area contributed by atoms with Crippen LogP contribution in [-0.2, 0) is 6.18 Å². The van der Waals surface area contributed by atoms with Crippen molar-refractivity contribution in [3.05, 3.63) is 41.7 Å². The van der Waals surface area contributed by atoms with Crippen molar-refractivity contribution < 1.29 is 23.1 Å². The van der Waals surface area contributed by atoms with E-state index in [1.807, 2.05) is 0 Å². The summed E-state index contributed by atoms with van der Waals surface area (Å²) in [6.45, 7) is 2.79. The molecule has 0 bridgehead atoms. The Labute approximate surface area is 200 Å². The van der Waals surface area contributed by atoms with Crippen LogP contribution in [0, 0.1) is 0 Å². The molecule has 8 nitrogen and oxygen atoms in total. The lowest BCUT2D eigenvalue weighted by Crippen LogP contribution is -2.36. The molecule has 6 N–H and O–H groups in total. The second-order valence-corrected chi connectivity index (χ2v) is 9.07. The number of aromatic carboxylic acids is 1. The van der Waals surface area contributed by atoms with E-state index in [4.69, 9.17) is 5.73 Å². The summed E-state index contributed by atoms with van der Waals surface area (Å²) in [6, 6.07) is 4.93. The van der Waals surface area contributed by atoms with Gasteiger partial charge in [0.25, 0.3) is 0 Å². The third kappa shape index (κ3) is 5.73. The highest BCUT2D eigenvalue weighted by molar-refractivity contribution is 5.99. The predicted octanol–water partition coefficient (Wildman–Crippen LogP) is 4.39. The zero-order valence-electron chi connectivity index (χ0n) is 19.3. The second-order valence-electron chi connectivity index (χ2n) is 9.07. The maximum atomic E-state index is 13.8. The predicted molar refractivity (Wildman–Crippen MR) is 127 cm³/mol. The van der Waals surface area contributed by atoms with E-state index < -0.39 is 17.7 Å². The van der Waals surface area contributed by atoms with Gasteiger partial charge in [-0.2, -0.15) is 13.2 Å². The van der Waals surface area contributed by atoms with Crippen molar-refractivity contribution in [2.24, 2.45) is 5.73 Å². The van der Waals surface area contributed by atoms with E-state index in [0.717, 1.165) is 38.3 Å². The summed E-state index contributed by atoms with van der Waals surface area (Å²) >= 11 is 0. The Morgan fingerprint density at radius 1 is 1.31 bits per heavy atom. The molecule has 1 unspecified atom stereocenters. The zero-order chi connectivity index (χ0) is 25.2. The number of carboxylic acids is 1. The molecule has 0 aliphatic heterocycles. The number of aromatic amines is 1. The molecule has 1 aromatic carbocycles. The summed E-state index contributed by atoms with van der Waals surface area (Å²) in [7, 11) is 0. The highest BCUT2D eigenvalue weighted by Crippen LogP contribution is 2.39. The first-order chi connectivity index (χ1) is 16.7. The van der Waals surface area contributed by atoms with E-state index in [1.54, 1.807) is 0 Å². The fourth-order valence-electron chi connectivity index (χ4n) is 4.68. The molecule has 2 aromatic heterocycles. The van der Waals surface area contributed by atoms with Crippen molar-refractivity contribution in [1.29, 1.82) is 0 Å². The number of nitrogens with zero attached hydrogens (tertiary/aromatic N) is 2. The number of hydrogen-bond donors (Lipinski definition) is 5. The van der Waals surface area contributed by atoms with Gasteiger partial charge < -0.3 is 26.5 Å². The Hall–Kier alpha value is -3.18. The van der Waals surface area contributed by atoms with Crippen molar-refractivity contribution in [2.75, 3.05) is 11.9 Å². The van der Waals surface area contributed by atoms with Gasteiger partial charge in [-0.15, -0.1) is 0 Å². The minimum absolute atomic E-state index is 0.0359. The topological polar surface area (TPSA) is 129 Å². The first-order valence-corrected chi connectivity index (χ1v) is 11.7. The summed E-state index contributed by atoms with van der Waals surface area (Å²) in [6.07, 6.45) is 2.13. The maximum absolute atomic E-state index is 13.8. The Bertz CT molecular complexity index is 1200. The zero-order valence-corrected chi connectivity index (χ0v) is 19.3. The van der Waals surface area contributed by atoms with Crippen LogP contribution < -0.4 is 16.4 Å². The number of carboxylic acid groups (broad SMARTS) is 1. The number of H-pyrrole nitrogens is 1. The third-order valence-corrected chi connectivity index (χ3v) is 6.41. The summed E-state index contributed by atoms with van der Waals surface area (Å²) in [5, 5.41) is 16.4. The van der Waals surface area contributed by atoms with Crippen molar-refractivity contribution in [2.45, 2.75) is 63.3 Å². The molecule has 11 heteroatoms. The van der Waals surface area contributed by atoms with Crippen LogP contribution in [0.15, 0.2) is 30.6 Å². The fraction of sp³-hybridized carbons (Fsp3) is 0.458. The molecule has 0 radical (unpaired) electrons. The number of aromatic nitrogens is 3. The lowest BCUT2D eigenvalue weighted by Gasteiger charge is -2.20. The molecule has 1 aliphatic carbocycles. The lowest BCUT2D eigenvalue weighted by atomic mass is 10.0. The number of nitrogens with two attached hydrogens (primary N) is 1. The Balaban J connectivity index is 1.57. The number of nitrogens with one attached hydrogen (secondary N) is 3. The Morgan fingerprint density at radius 2 is 2.09 bits per heavy atom. The van der Waals surface area contributed by atoms with Crippen molar-refractivity contribution >= 4 is 22.8 Å². The van der Waals surface area contributed by atoms with Crippen LogP contribution >= 0.6 is 0 Å². The van der Waals surface area contributed by atoms with Gasteiger partial charge in [0.1, 0.15) is 5.56 Å². The van der Waals surface area contributed by atoms with Crippen LogP contribution in [0.25, 0.3) is 22.2 Å². The molecular weight excluding hydrogens is 461 g/mol. The van der Waals surface area contributed by atoms with Crippen LogP contribution in [0.5, 0.6) is 0 Å². The van der Waals surface area contributed by atoms with Gasteiger partial charge in [-0.05, 0) is 57.7 Å². The van der Waals surface area contributed by atoms with Gasteiger partial charge in [0.2, 0.25) is 5.95 Å². The highest BCUT2D eigenvalue weighted by Gasteiger charge is 2.36. The van der Waals surface area contributed by atoms with Gasteiger partial charge in [-0.25, -0.2) is 14.8 Å². The summed E-state index contributed by atoms with van der Waals surface area (Å²) in [5.41, 5.74) is 5.05. The van der Waals surface area contributed by atoms with Crippen LogP contribution in [0.3, 0.4) is 0 Å². The number of halogens is 3. The molecule has 1 saturated carbocycles. The van der Waals surface area contributed by atoms with Gasteiger partial charge in [0.05, 0.1) is 11.3 Å². The summed E-state index contributed by atoms with van der Waals surface area (Å²) in [4.78, 5) is 22.3. The number of fused-ring (bicyclic) bond motifs is 1. The van der Waals surface area contributed by atoms with E-state index in [-0.39, 0.29) is 28.8 Å². The lowest BCUT2D eigenvalue weighted by molar-refractivity contribution is -0.137. The molecule has 1 aliphatic rings. The van der Waals surface area contributed by atoms with Crippen LogP contribution in [0.1, 0.15) is 54.9 Å². The second kappa shape index (κ2) is 10.2. The average Bonchev–Trinajstić information content (AvgIpc) is 3.43. The van der Waals surface area contributed by atoms with E-state index in [0.29, 0.717) is 29.5 Å². The van der Waals surface area contributed by atoms with Gasteiger partial charge in [0.15, 0.2) is 0 Å². The number of hydrogen-bond acceptors (Lipinski definition) is 6. The van der Waals surface area contributed by atoms with Crippen LogP contribution in [0.4, 0.5) is 19.1 Å². The highest BCUT2D eigenvalue weighted by atomic mass is 19.4. The summed E-state index contributed by atoms with van der Waals surface area (Å²) in [5.74, 6) is -0.989. The quantitative estimate of drug-likeness (QED) is 0.301. The standard InChI is InChI=1S/C24H29F3N6O2/c1-13(3-2-8-28)31-15-5-6-16(10-15)32-23-30-12-19(24(25,26)27)21(33-23)18-11-29-20-9-14(22(34)35)4-7-17(18)20/h4,7,9,11-13,15-16,29,31H,2-3,5-6,8,10,28H2,1H3,(H,34,35)(H,30,32,33)/t13?,15-,16-/m0/s1. The molecule has 35 heavy (non-hydrogen) atoms. The number of anilines is 1. The smallest absolute Gasteiger partial charge is 0.419 e. The van der Waals surface area contributed by atoms with Crippen molar-refractivity contribution in [3.8, 4) is 11.3 Å². The first-order valence-electron chi connectivity index (χ1n) is 11.7. The fourth-order valence-corrected chi connectivity index (χ4v) is 4.68. The van der Waals surface area contributed by atoms with E-state index in [1.165, 1.54) is 24.4 Å². The third-order valence-electron chi connectivity index (χ3n) is 6.41. The average molecular weight is 491 g/mol. The molecule has 1 fully saturated rings. The monoisotopic (exact) mass is 490 g/mol. The molecule has 3 atom stereocenters. The molecule has 0 saturated heterocycles. The molecule has 188 valence electrons. The van der Waals surface area contributed by atoms with E-state index in [9.17, 15) is 23.1 Å². The van der Waals surface area contributed by atoms with Gasteiger partial charge in [-0.3, -0.25) is 0 Å². The van der Waals surface area contributed by atoms with Crippen molar-refractivity contribution in [3.63, 3.8) is 0 Å². The van der Waals surface area contributed by atoms with Gasteiger partial charge in [0, 0.05) is 47.0 Å². The number of carbonyl (C=O) groups is 1. The maximum Gasteiger partial charge on any atom is 0.419 e. The minimum Gasteiger partial charge on any atom is -0.478 e. The molecule has 0 amide bonds. The molecule has 4 rings (SSSR count). The van der Waals surface area contributed by atoms with Crippen LogP contribution in [0.2, 0.25) is 0 Å². The normalized spacial score (nSPS) is 19.2. The number of benzene rings is 1. The number of rotatable bonds is 9. The van der Waals surface area contributed by atoms with Crippen molar-refractivity contribution in [1.82, 2.24) is 20.3 Å². The Kier molecular flexibility index (Phi) is 7.27.